The molecular formula is C20H22N2O3S. The van der Waals surface area contributed by atoms with Crippen LogP contribution in [0.5, 0.6) is 0 Å². The van der Waals surface area contributed by atoms with E-state index in [2.05, 4.69) is 4.72 Å². The van der Waals surface area contributed by atoms with E-state index in [9.17, 15) is 13.2 Å². The Morgan fingerprint density at radius 1 is 1.15 bits per heavy atom. The lowest BCUT2D eigenvalue weighted by atomic mass is 10.1. The highest BCUT2D eigenvalue weighted by atomic mass is 32.2. The molecule has 1 N–H and O–H groups in total. The van der Waals surface area contributed by atoms with Gasteiger partial charge in [0.1, 0.15) is 0 Å². The first kappa shape index (κ1) is 17.2. The lowest BCUT2D eigenvalue weighted by Gasteiger charge is -2.22. The lowest BCUT2D eigenvalue weighted by Crippen LogP contribution is -2.36. The van der Waals surface area contributed by atoms with Gasteiger partial charge in [0.05, 0.1) is 4.90 Å². The van der Waals surface area contributed by atoms with E-state index in [-0.39, 0.29) is 29.3 Å². The molecule has 1 heterocycles. The van der Waals surface area contributed by atoms with Crippen molar-refractivity contribution in [3.05, 3.63) is 59.7 Å². The van der Waals surface area contributed by atoms with Gasteiger partial charge in [0, 0.05) is 24.2 Å². The van der Waals surface area contributed by atoms with Gasteiger partial charge >= 0.3 is 0 Å². The molecule has 6 heteroatoms. The van der Waals surface area contributed by atoms with Crippen molar-refractivity contribution in [3.8, 4) is 0 Å². The van der Waals surface area contributed by atoms with E-state index in [1.165, 1.54) is 0 Å². The highest BCUT2D eigenvalue weighted by molar-refractivity contribution is 7.89. The van der Waals surface area contributed by atoms with Crippen molar-refractivity contribution >= 4 is 21.6 Å². The maximum Gasteiger partial charge on any atom is 0.240 e. The van der Waals surface area contributed by atoms with Gasteiger partial charge in [0.2, 0.25) is 15.9 Å². The molecule has 4 rings (SSSR count). The van der Waals surface area contributed by atoms with Crippen molar-refractivity contribution in [2.24, 2.45) is 5.92 Å². The van der Waals surface area contributed by atoms with Crippen molar-refractivity contribution in [3.63, 3.8) is 0 Å². The molecule has 5 nitrogen and oxygen atoms in total. The van der Waals surface area contributed by atoms with Crippen molar-refractivity contribution in [1.82, 2.24) is 4.72 Å². The van der Waals surface area contributed by atoms with Crippen LogP contribution in [0.1, 0.15) is 30.9 Å². The minimum absolute atomic E-state index is 0.0772. The molecule has 2 aromatic rings. The number of hydrogen-bond acceptors (Lipinski definition) is 3. The molecule has 1 saturated carbocycles. The first-order chi connectivity index (χ1) is 12.5. The van der Waals surface area contributed by atoms with Crippen LogP contribution in [0.2, 0.25) is 0 Å². The maximum absolute atomic E-state index is 12.6. The summed E-state index contributed by atoms with van der Waals surface area (Å²) in [6.45, 7) is 2.27. The Morgan fingerprint density at radius 3 is 2.58 bits per heavy atom. The highest BCUT2D eigenvalue weighted by Gasteiger charge is 2.39. The third-order valence-electron chi connectivity index (χ3n) is 5.05. The second-order valence-corrected chi connectivity index (χ2v) is 8.90. The van der Waals surface area contributed by atoms with Crippen LogP contribution in [0.3, 0.4) is 0 Å². The molecule has 0 spiro atoms. The van der Waals surface area contributed by atoms with Crippen LogP contribution in [-0.2, 0) is 27.8 Å². The second kappa shape index (κ2) is 6.52. The SMILES string of the molecule is C[C@@H]1Cc2cc(S(=O)(=O)NCc3ccccc3)ccc2N1C(=O)C1CC1. The Labute approximate surface area is 154 Å². The Morgan fingerprint density at radius 2 is 1.88 bits per heavy atom. The zero-order valence-electron chi connectivity index (χ0n) is 14.7. The quantitative estimate of drug-likeness (QED) is 0.880. The highest BCUT2D eigenvalue weighted by Crippen LogP contribution is 2.39. The van der Waals surface area contributed by atoms with Crippen LogP contribution in [0.25, 0.3) is 0 Å². The van der Waals surface area contributed by atoms with Crippen LogP contribution in [0.4, 0.5) is 5.69 Å². The number of nitrogens with one attached hydrogen (secondary N) is 1. The van der Waals surface area contributed by atoms with Crippen LogP contribution < -0.4 is 9.62 Å². The molecule has 0 radical (unpaired) electrons. The Bertz CT molecular complexity index is 937. The van der Waals surface area contributed by atoms with E-state index in [1.807, 2.05) is 42.2 Å². The topological polar surface area (TPSA) is 66.5 Å². The standard InChI is InChI=1S/C20H22N2O3S/c1-14-11-17-12-18(9-10-19(17)22(14)20(23)16-7-8-16)26(24,25)21-13-15-5-3-2-4-6-15/h2-6,9-10,12,14,16,21H,7-8,11,13H2,1H3/t14-/m1/s1. The van der Waals surface area contributed by atoms with Crippen LogP contribution in [0.15, 0.2) is 53.4 Å². The van der Waals surface area contributed by atoms with E-state index < -0.39 is 10.0 Å². The fourth-order valence-electron chi connectivity index (χ4n) is 3.49. The van der Waals surface area contributed by atoms with Crippen LogP contribution >= 0.6 is 0 Å². The molecule has 1 amide bonds. The zero-order chi connectivity index (χ0) is 18.3. The summed E-state index contributed by atoms with van der Waals surface area (Å²) < 4.78 is 27.9. The molecule has 0 bridgehead atoms. The summed E-state index contributed by atoms with van der Waals surface area (Å²) in [7, 11) is -3.59. The molecule has 2 aliphatic rings. The number of rotatable bonds is 5. The monoisotopic (exact) mass is 370 g/mol. The summed E-state index contributed by atoms with van der Waals surface area (Å²) in [6, 6.07) is 14.6. The average Bonchev–Trinajstić information content (AvgIpc) is 3.42. The second-order valence-electron chi connectivity index (χ2n) is 7.14. The van der Waals surface area contributed by atoms with Gasteiger partial charge in [-0.05, 0) is 55.5 Å². The van der Waals surface area contributed by atoms with E-state index in [4.69, 9.17) is 0 Å². The molecule has 0 saturated heterocycles. The molecule has 2 aromatic carbocycles. The predicted molar refractivity (Wildman–Crippen MR) is 100 cm³/mol. The summed E-state index contributed by atoms with van der Waals surface area (Å²) in [5, 5.41) is 0. The number of anilines is 1. The smallest absolute Gasteiger partial charge is 0.240 e. The fraction of sp³-hybridized carbons (Fsp3) is 0.350. The van der Waals surface area contributed by atoms with Crippen molar-refractivity contribution in [2.45, 2.75) is 43.7 Å². The minimum atomic E-state index is -3.59. The molecule has 1 aliphatic heterocycles. The molecule has 1 atom stereocenters. The normalized spacial score (nSPS) is 19.4. The molecular weight excluding hydrogens is 348 g/mol. The first-order valence-corrected chi connectivity index (χ1v) is 10.4. The minimum Gasteiger partial charge on any atom is -0.309 e. The van der Waals surface area contributed by atoms with E-state index in [1.54, 1.807) is 18.2 Å². The Hall–Kier alpha value is -2.18. The summed E-state index contributed by atoms with van der Waals surface area (Å²) in [5.74, 6) is 0.327. The maximum atomic E-state index is 12.6. The molecule has 136 valence electrons. The molecule has 1 aliphatic carbocycles. The first-order valence-electron chi connectivity index (χ1n) is 8.95. The van der Waals surface area contributed by atoms with Gasteiger partial charge in [-0.25, -0.2) is 13.1 Å². The lowest BCUT2D eigenvalue weighted by molar-refractivity contribution is -0.120. The van der Waals surface area contributed by atoms with Gasteiger partial charge < -0.3 is 4.90 Å². The number of benzene rings is 2. The number of fused-ring (bicyclic) bond motifs is 1. The number of nitrogens with zero attached hydrogens (tertiary/aromatic N) is 1. The molecule has 26 heavy (non-hydrogen) atoms. The number of sulfonamides is 1. The number of carbonyl (C=O) groups is 1. The average molecular weight is 370 g/mol. The fourth-order valence-corrected chi connectivity index (χ4v) is 4.56. The van der Waals surface area contributed by atoms with Crippen LogP contribution in [-0.4, -0.2) is 20.4 Å². The number of carbonyl (C=O) groups excluding carboxylic acids is 1. The van der Waals surface area contributed by atoms with Crippen molar-refractivity contribution in [1.29, 1.82) is 0 Å². The molecule has 1 fully saturated rings. The van der Waals surface area contributed by atoms with E-state index >= 15 is 0 Å². The third-order valence-corrected chi connectivity index (χ3v) is 6.45. The third kappa shape index (κ3) is 3.27. The van der Waals surface area contributed by atoms with Gasteiger partial charge in [0.15, 0.2) is 0 Å². The largest absolute Gasteiger partial charge is 0.309 e. The van der Waals surface area contributed by atoms with Gasteiger partial charge in [0.25, 0.3) is 0 Å². The summed E-state index contributed by atoms with van der Waals surface area (Å²) >= 11 is 0. The summed E-state index contributed by atoms with van der Waals surface area (Å²) in [4.78, 5) is 14.6. The Balaban J connectivity index is 1.55. The molecule has 0 aromatic heterocycles. The van der Waals surface area contributed by atoms with Gasteiger partial charge in [-0.3, -0.25) is 4.79 Å². The number of amides is 1. The van der Waals surface area contributed by atoms with Crippen molar-refractivity contribution in [2.75, 3.05) is 4.90 Å². The molecule has 0 unspecified atom stereocenters. The van der Waals surface area contributed by atoms with Gasteiger partial charge in [-0.1, -0.05) is 30.3 Å². The summed E-state index contributed by atoms with van der Waals surface area (Å²) in [5.41, 5.74) is 2.69. The zero-order valence-corrected chi connectivity index (χ0v) is 15.5. The van der Waals surface area contributed by atoms with Crippen LogP contribution in [0, 0.1) is 5.92 Å². The predicted octanol–water partition coefficient (Wildman–Crippen LogP) is 2.85. The Kier molecular flexibility index (Phi) is 4.32. The van der Waals surface area contributed by atoms with Gasteiger partial charge in [-0.15, -0.1) is 0 Å². The van der Waals surface area contributed by atoms with Gasteiger partial charge in [-0.2, -0.15) is 0 Å². The van der Waals surface area contributed by atoms with Crippen molar-refractivity contribution < 1.29 is 13.2 Å². The van der Waals surface area contributed by atoms with E-state index in [0.29, 0.717) is 6.42 Å². The summed E-state index contributed by atoms with van der Waals surface area (Å²) in [6.07, 6.45) is 2.62. The van der Waals surface area contributed by atoms with E-state index in [0.717, 1.165) is 29.7 Å². The number of hydrogen-bond donors (Lipinski definition) is 1.